The molecule has 9 rings (SSSR count). The molecule has 0 spiro atoms. The molecule has 0 N–H and O–H groups in total. The van der Waals surface area contributed by atoms with Gasteiger partial charge in [0.1, 0.15) is 0 Å². The summed E-state index contributed by atoms with van der Waals surface area (Å²) in [5.41, 5.74) is 8.84. The number of para-hydroxylation sites is 2. The molecule has 5 nitrogen and oxygen atoms in total. The Morgan fingerprint density at radius 3 is 1.42 bits per heavy atom. The van der Waals surface area contributed by atoms with Crippen molar-refractivity contribution in [1.29, 1.82) is 0 Å². The summed E-state index contributed by atoms with van der Waals surface area (Å²) in [6.07, 6.45) is 0. The lowest BCUT2D eigenvalue weighted by Crippen LogP contribution is -2.21. The Morgan fingerprint density at radius 1 is 0.396 bits per heavy atom. The van der Waals surface area contributed by atoms with Gasteiger partial charge in [0.15, 0.2) is 11.6 Å². The molecule has 230 valence electrons. The molecule has 0 aliphatic carbocycles. The van der Waals surface area contributed by atoms with Crippen molar-refractivity contribution in [3.8, 4) is 39.9 Å². The Kier molecular flexibility index (Phi) is 6.31. The van der Waals surface area contributed by atoms with E-state index in [-0.39, 0.29) is 5.54 Å². The van der Waals surface area contributed by atoms with Crippen LogP contribution in [0.1, 0.15) is 20.8 Å². The van der Waals surface area contributed by atoms with Crippen molar-refractivity contribution in [1.82, 2.24) is 24.1 Å². The maximum atomic E-state index is 5.08. The zero-order chi connectivity index (χ0) is 32.4. The summed E-state index contributed by atoms with van der Waals surface area (Å²) in [4.78, 5) is 15.1. The Hall–Kier alpha value is -6.07. The van der Waals surface area contributed by atoms with E-state index in [2.05, 4.69) is 115 Å². The fourth-order valence-electron chi connectivity index (χ4n) is 7.14. The monoisotopic (exact) mass is 619 g/mol. The quantitative estimate of drug-likeness (QED) is 0.197. The van der Waals surface area contributed by atoms with Gasteiger partial charge in [0.25, 0.3) is 0 Å². The van der Waals surface area contributed by atoms with Crippen LogP contribution in [0.2, 0.25) is 0 Å². The van der Waals surface area contributed by atoms with Crippen molar-refractivity contribution in [3.05, 3.63) is 146 Å². The minimum Gasteiger partial charge on any atom is -0.335 e. The van der Waals surface area contributed by atoms with Gasteiger partial charge in [-0.2, -0.15) is 9.97 Å². The van der Waals surface area contributed by atoms with Crippen LogP contribution in [0.5, 0.6) is 0 Å². The van der Waals surface area contributed by atoms with Gasteiger partial charge in [-0.1, -0.05) is 109 Å². The van der Waals surface area contributed by atoms with Crippen molar-refractivity contribution in [2.24, 2.45) is 0 Å². The number of aromatic nitrogens is 5. The van der Waals surface area contributed by atoms with E-state index in [4.69, 9.17) is 15.0 Å². The second-order valence-electron chi connectivity index (χ2n) is 13.4. The average molecular weight is 620 g/mol. The average Bonchev–Trinajstić information content (AvgIpc) is 3.65. The van der Waals surface area contributed by atoms with Gasteiger partial charge in [0.2, 0.25) is 5.95 Å². The maximum Gasteiger partial charge on any atom is 0.238 e. The third kappa shape index (κ3) is 4.50. The lowest BCUT2D eigenvalue weighted by atomic mass is 10.0. The summed E-state index contributed by atoms with van der Waals surface area (Å²) in [6, 6.07) is 51.1. The highest BCUT2D eigenvalue weighted by Gasteiger charge is 2.22. The molecule has 0 fully saturated rings. The first-order valence-electron chi connectivity index (χ1n) is 16.4. The predicted molar refractivity (Wildman–Crippen MR) is 198 cm³/mol. The molecule has 9 aromatic rings. The lowest BCUT2D eigenvalue weighted by Gasteiger charge is -2.24. The number of hydrogen-bond acceptors (Lipinski definition) is 3. The lowest BCUT2D eigenvalue weighted by molar-refractivity contribution is 0.423. The minimum absolute atomic E-state index is 0.0423. The second kappa shape index (κ2) is 10.7. The topological polar surface area (TPSA) is 48.5 Å². The van der Waals surface area contributed by atoms with Crippen LogP contribution >= 0.6 is 0 Å². The smallest absolute Gasteiger partial charge is 0.238 e. The van der Waals surface area contributed by atoms with Crippen molar-refractivity contribution >= 4 is 43.6 Å². The van der Waals surface area contributed by atoms with Crippen LogP contribution < -0.4 is 0 Å². The molecule has 0 amide bonds. The van der Waals surface area contributed by atoms with Gasteiger partial charge in [-0.15, -0.1) is 0 Å². The van der Waals surface area contributed by atoms with Crippen molar-refractivity contribution in [2.75, 3.05) is 0 Å². The standard InChI is InChI=1S/C43H33N5/c1-43(2,3)48-38-21-13-11-19-33(38)35-27-31(23-25-39(35)48)30-22-24-37-34(26-30)32-18-10-12-20-36(32)47(37)42-45-40(28-14-6-4-7-15-28)44-41(46-42)29-16-8-5-9-17-29/h4-27H,1-3H3. The van der Waals surface area contributed by atoms with Gasteiger partial charge in [-0.3, -0.25) is 4.57 Å². The van der Waals surface area contributed by atoms with E-state index in [0.29, 0.717) is 17.6 Å². The van der Waals surface area contributed by atoms with E-state index in [1.807, 2.05) is 60.7 Å². The predicted octanol–water partition coefficient (Wildman–Crippen LogP) is 10.8. The first-order valence-corrected chi connectivity index (χ1v) is 16.4. The zero-order valence-corrected chi connectivity index (χ0v) is 27.1. The molecule has 48 heavy (non-hydrogen) atoms. The molecule has 0 aliphatic heterocycles. The summed E-state index contributed by atoms with van der Waals surface area (Å²) in [6.45, 7) is 6.82. The van der Waals surface area contributed by atoms with Gasteiger partial charge in [-0.05, 0) is 68.3 Å². The van der Waals surface area contributed by atoms with Crippen LogP contribution in [0.15, 0.2) is 146 Å². The summed E-state index contributed by atoms with van der Waals surface area (Å²) < 4.78 is 4.63. The molecule has 0 saturated carbocycles. The van der Waals surface area contributed by atoms with E-state index < -0.39 is 0 Å². The molecular weight excluding hydrogens is 587 g/mol. The number of benzene rings is 6. The second-order valence-corrected chi connectivity index (χ2v) is 13.4. The molecule has 0 atom stereocenters. The molecule has 0 unspecified atom stereocenters. The zero-order valence-electron chi connectivity index (χ0n) is 27.1. The largest absolute Gasteiger partial charge is 0.335 e. The van der Waals surface area contributed by atoms with Crippen LogP contribution in [0.25, 0.3) is 83.5 Å². The van der Waals surface area contributed by atoms with E-state index in [0.717, 1.165) is 32.9 Å². The highest BCUT2D eigenvalue weighted by Crippen LogP contribution is 2.39. The number of rotatable bonds is 4. The first kappa shape index (κ1) is 28.2. The van der Waals surface area contributed by atoms with Crippen molar-refractivity contribution in [3.63, 3.8) is 0 Å². The molecule has 0 saturated heterocycles. The Labute approximate surface area is 278 Å². The van der Waals surface area contributed by atoms with Crippen molar-refractivity contribution < 1.29 is 0 Å². The fraction of sp³-hybridized carbons (Fsp3) is 0.0930. The molecule has 3 heterocycles. The normalized spacial score (nSPS) is 12.1. The minimum atomic E-state index is -0.0423. The van der Waals surface area contributed by atoms with Crippen LogP contribution in [0, 0.1) is 0 Å². The molecule has 6 aromatic carbocycles. The Bertz CT molecular complexity index is 2580. The fourth-order valence-corrected chi connectivity index (χ4v) is 7.14. The molecule has 0 bridgehead atoms. The maximum absolute atomic E-state index is 5.08. The molecule has 0 radical (unpaired) electrons. The first-order chi connectivity index (χ1) is 23.4. The molecule has 3 aromatic heterocycles. The highest BCUT2D eigenvalue weighted by atomic mass is 15.2. The highest BCUT2D eigenvalue weighted by molar-refractivity contribution is 6.12. The van der Waals surface area contributed by atoms with Gasteiger partial charge < -0.3 is 4.57 Å². The third-order valence-electron chi connectivity index (χ3n) is 9.24. The Morgan fingerprint density at radius 2 is 0.833 bits per heavy atom. The number of nitrogens with zero attached hydrogens (tertiary/aromatic N) is 5. The van der Waals surface area contributed by atoms with Gasteiger partial charge in [0, 0.05) is 49.2 Å². The van der Waals surface area contributed by atoms with E-state index in [9.17, 15) is 0 Å². The van der Waals surface area contributed by atoms with Crippen molar-refractivity contribution in [2.45, 2.75) is 26.3 Å². The van der Waals surface area contributed by atoms with Gasteiger partial charge in [0.05, 0.1) is 11.0 Å². The molecular formula is C43H33N5. The molecule has 5 heteroatoms. The molecule has 0 aliphatic rings. The summed E-state index contributed by atoms with van der Waals surface area (Å²) in [7, 11) is 0. The SMILES string of the molecule is CC(C)(C)n1c2ccccc2c2cc(-c3ccc4c(c3)c3ccccc3n4-c3nc(-c4ccccc4)nc(-c4ccccc4)n3)ccc21. The summed E-state index contributed by atoms with van der Waals surface area (Å²) in [5.74, 6) is 1.88. The van der Waals surface area contributed by atoms with Crippen LogP contribution in [0.4, 0.5) is 0 Å². The number of fused-ring (bicyclic) bond motifs is 6. The van der Waals surface area contributed by atoms with E-state index in [1.54, 1.807) is 0 Å². The third-order valence-corrected chi connectivity index (χ3v) is 9.24. The summed E-state index contributed by atoms with van der Waals surface area (Å²) >= 11 is 0. The van der Waals surface area contributed by atoms with Crippen LogP contribution in [-0.4, -0.2) is 24.1 Å². The van der Waals surface area contributed by atoms with Crippen LogP contribution in [-0.2, 0) is 5.54 Å². The van der Waals surface area contributed by atoms with Gasteiger partial charge in [-0.25, -0.2) is 4.98 Å². The van der Waals surface area contributed by atoms with Gasteiger partial charge >= 0.3 is 0 Å². The van der Waals surface area contributed by atoms with Crippen LogP contribution in [0.3, 0.4) is 0 Å². The Balaban J connectivity index is 1.26. The van der Waals surface area contributed by atoms with E-state index in [1.165, 1.54) is 32.9 Å². The number of hydrogen-bond donors (Lipinski definition) is 0. The summed E-state index contributed by atoms with van der Waals surface area (Å²) in [5, 5.41) is 4.86. The van der Waals surface area contributed by atoms with E-state index >= 15 is 0 Å².